The maximum absolute atomic E-state index is 13.5. The highest BCUT2D eigenvalue weighted by atomic mass is 32.2. The van der Waals surface area contributed by atoms with Gasteiger partial charge >= 0.3 is 0 Å². The highest BCUT2D eigenvalue weighted by molar-refractivity contribution is 7.89. The van der Waals surface area contributed by atoms with E-state index in [-0.39, 0.29) is 42.2 Å². The van der Waals surface area contributed by atoms with Crippen molar-refractivity contribution in [1.29, 1.82) is 0 Å². The largest absolute Gasteiger partial charge is 0.487 e. The number of aliphatic hydroxyl groups excluding tert-OH is 1. The molecule has 0 saturated heterocycles. The number of hydrogen-bond acceptors (Lipinski definition) is 6. The lowest BCUT2D eigenvalue weighted by atomic mass is 10.0. The lowest BCUT2D eigenvalue weighted by Gasteiger charge is -2.37. The molecule has 0 fully saturated rings. The van der Waals surface area contributed by atoms with Gasteiger partial charge in [-0.25, -0.2) is 8.42 Å². The summed E-state index contributed by atoms with van der Waals surface area (Å²) in [6.45, 7) is 5.56. The Hall–Kier alpha value is -2.75. The van der Waals surface area contributed by atoms with E-state index in [1.54, 1.807) is 55.5 Å². The predicted octanol–water partition coefficient (Wildman–Crippen LogP) is 2.66. The molecule has 0 saturated carbocycles. The number of carbonyl (C=O) groups is 1. The number of nitrogens with zero attached hydrogens (tertiary/aromatic N) is 3. The van der Waals surface area contributed by atoms with Crippen LogP contribution in [0.1, 0.15) is 36.7 Å². The van der Waals surface area contributed by atoms with Crippen molar-refractivity contribution in [3.8, 4) is 5.75 Å². The summed E-state index contributed by atoms with van der Waals surface area (Å²) in [6.07, 6.45) is 6.38. The van der Waals surface area contributed by atoms with Crippen LogP contribution in [-0.4, -0.2) is 72.5 Å². The molecule has 0 spiro atoms. The van der Waals surface area contributed by atoms with Gasteiger partial charge in [0, 0.05) is 43.5 Å². The molecule has 1 aromatic heterocycles. The van der Waals surface area contributed by atoms with E-state index in [2.05, 4.69) is 4.98 Å². The van der Waals surface area contributed by atoms with E-state index in [9.17, 15) is 18.3 Å². The number of aromatic nitrogens is 1. The van der Waals surface area contributed by atoms with Crippen LogP contribution in [0.15, 0.2) is 53.7 Å². The number of pyridine rings is 1. The van der Waals surface area contributed by atoms with Crippen LogP contribution in [0.5, 0.6) is 5.75 Å². The number of amides is 1. The first-order chi connectivity index (χ1) is 15.7. The zero-order chi connectivity index (χ0) is 24.2. The average molecular weight is 474 g/mol. The zero-order valence-electron chi connectivity index (χ0n) is 19.4. The number of benzene rings is 1. The van der Waals surface area contributed by atoms with E-state index in [0.717, 1.165) is 5.56 Å². The third-order valence-electron chi connectivity index (χ3n) is 5.78. The maximum atomic E-state index is 13.5. The summed E-state index contributed by atoms with van der Waals surface area (Å²) in [5.41, 5.74) is 1.32. The minimum Gasteiger partial charge on any atom is -0.487 e. The summed E-state index contributed by atoms with van der Waals surface area (Å²) >= 11 is 0. The molecule has 1 aromatic carbocycles. The van der Waals surface area contributed by atoms with Crippen LogP contribution in [0, 0.1) is 5.92 Å². The van der Waals surface area contributed by atoms with E-state index >= 15 is 0 Å². The molecule has 3 rings (SSSR count). The van der Waals surface area contributed by atoms with Crippen LogP contribution in [0.4, 0.5) is 0 Å². The smallest absolute Gasteiger partial charge is 0.253 e. The molecule has 2 heterocycles. The van der Waals surface area contributed by atoms with Crippen LogP contribution < -0.4 is 4.74 Å². The molecule has 1 N–H and O–H groups in total. The van der Waals surface area contributed by atoms with E-state index in [4.69, 9.17) is 4.74 Å². The quantitative estimate of drug-likeness (QED) is 0.692. The first-order valence-corrected chi connectivity index (χ1v) is 12.3. The summed E-state index contributed by atoms with van der Waals surface area (Å²) in [5, 5.41) is 9.74. The second-order valence-corrected chi connectivity index (χ2v) is 10.2. The fraction of sp³-hybridized carbons (Fsp3) is 0.417. The van der Waals surface area contributed by atoms with Gasteiger partial charge in [0.1, 0.15) is 16.7 Å². The first kappa shape index (κ1) is 24.9. The fourth-order valence-corrected chi connectivity index (χ4v) is 5.65. The number of sulfonamides is 1. The Kier molecular flexibility index (Phi) is 7.88. The molecule has 3 atom stereocenters. The predicted molar refractivity (Wildman–Crippen MR) is 126 cm³/mol. The van der Waals surface area contributed by atoms with Gasteiger partial charge in [0.2, 0.25) is 10.0 Å². The summed E-state index contributed by atoms with van der Waals surface area (Å²) in [5.74, 6) is -0.187. The van der Waals surface area contributed by atoms with Crippen molar-refractivity contribution in [3.05, 3.63) is 59.9 Å². The fourth-order valence-electron chi connectivity index (χ4n) is 3.82. The van der Waals surface area contributed by atoms with Crippen molar-refractivity contribution in [2.24, 2.45) is 5.92 Å². The lowest BCUT2D eigenvalue weighted by Crippen LogP contribution is -2.50. The molecule has 0 aliphatic carbocycles. The van der Waals surface area contributed by atoms with Gasteiger partial charge in [-0.2, -0.15) is 4.31 Å². The number of fused-ring (bicyclic) bond motifs is 1. The highest BCUT2D eigenvalue weighted by Crippen LogP contribution is 2.34. The van der Waals surface area contributed by atoms with Crippen molar-refractivity contribution < 1.29 is 23.1 Å². The summed E-state index contributed by atoms with van der Waals surface area (Å²) in [6, 6.07) is 7.66. The molecule has 0 unspecified atom stereocenters. The van der Waals surface area contributed by atoms with Gasteiger partial charge in [0.15, 0.2) is 0 Å². The summed E-state index contributed by atoms with van der Waals surface area (Å²) < 4.78 is 34.5. The molecule has 1 amide bonds. The molecule has 0 radical (unpaired) electrons. The van der Waals surface area contributed by atoms with Crippen molar-refractivity contribution >= 4 is 22.0 Å². The van der Waals surface area contributed by atoms with E-state index in [0.29, 0.717) is 5.56 Å². The van der Waals surface area contributed by atoms with Gasteiger partial charge in [-0.1, -0.05) is 25.1 Å². The minimum atomic E-state index is -3.89. The van der Waals surface area contributed by atoms with Crippen LogP contribution in [0.2, 0.25) is 0 Å². The molecule has 1 aliphatic heterocycles. The molecule has 33 heavy (non-hydrogen) atoms. The molecule has 178 valence electrons. The topological polar surface area (TPSA) is 100 Å². The molecule has 1 aliphatic rings. The van der Waals surface area contributed by atoms with Gasteiger partial charge in [-0.05, 0) is 43.7 Å². The standard InChI is InChI=1S/C24H31N3O5S/c1-5-6-19-7-8-23-21(13-19)32-22(15-26(4)24(29)20-9-11-25-12-10-20)17(2)14-27(18(3)16-28)33(23,30)31/h5-13,17-18,22,28H,14-16H2,1-4H3/b6-5+/t17-,18+,22-/m1/s1. The number of aliphatic hydroxyl groups is 1. The Bertz CT molecular complexity index is 1100. The second-order valence-electron chi connectivity index (χ2n) is 8.37. The number of likely N-dealkylation sites (N-methyl/N-ethyl adjacent to an activating group) is 1. The minimum absolute atomic E-state index is 0.0519. The number of carbonyl (C=O) groups excluding carboxylic acids is 1. The monoisotopic (exact) mass is 473 g/mol. The van der Waals surface area contributed by atoms with Crippen LogP contribution >= 0.6 is 0 Å². The highest BCUT2D eigenvalue weighted by Gasteiger charge is 2.38. The van der Waals surface area contributed by atoms with Crippen molar-refractivity contribution in [2.45, 2.75) is 37.8 Å². The normalized spacial score (nSPS) is 21.5. The Morgan fingerprint density at radius 2 is 2.03 bits per heavy atom. The Morgan fingerprint density at radius 3 is 2.67 bits per heavy atom. The second kappa shape index (κ2) is 10.5. The SMILES string of the molecule is C/C=C/c1ccc2c(c1)O[C@H](CN(C)C(=O)c1ccncc1)[C@H](C)CN([C@@H](C)CO)S2(=O)=O. The molecule has 0 bridgehead atoms. The number of ether oxygens (including phenoxy) is 1. The van der Waals surface area contributed by atoms with Crippen LogP contribution in [0.25, 0.3) is 6.08 Å². The maximum Gasteiger partial charge on any atom is 0.253 e. The lowest BCUT2D eigenvalue weighted by molar-refractivity contribution is 0.0563. The van der Waals surface area contributed by atoms with E-state index in [1.165, 1.54) is 10.4 Å². The van der Waals surface area contributed by atoms with Gasteiger partial charge in [0.25, 0.3) is 5.91 Å². The third kappa shape index (κ3) is 5.43. The third-order valence-corrected chi connectivity index (χ3v) is 7.80. The molecule has 9 heteroatoms. The molecular formula is C24H31N3O5S. The van der Waals surface area contributed by atoms with E-state index < -0.39 is 22.2 Å². The zero-order valence-corrected chi connectivity index (χ0v) is 20.2. The van der Waals surface area contributed by atoms with E-state index in [1.807, 2.05) is 26.0 Å². The summed E-state index contributed by atoms with van der Waals surface area (Å²) in [4.78, 5) is 18.5. The summed E-state index contributed by atoms with van der Waals surface area (Å²) in [7, 11) is -2.20. The molecule has 8 nitrogen and oxygen atoms in total. The Morgan fingerprint density at radius 1 is 1.33 bits per heavy atom. The van der Waals surface area contributed by atoms with Crippen molar-refractivity contribution in [1.82, 2.24) is 14.2 Å². The number of allylic oxidation sites excluding steroid dienone is 1. The van der Waals surface area contributed by atoms with Gasteiger partial charge in [-0.3, -0.25) is 9.78 Å². The first-order valence-electron chi connectivity index (χ1n) is 10.9. The average Bonchev–Trinajstić information content (AvgIpc) is 2.81. The number of hydrogen-bond donors (Lipinski definition) is 1. The van der Waals surface area contributed by atoms with Gasteiger partial charge in [-0.15, -0.1) is 0 Å². The van der Waals surface area contributed by atoms with Gasteiger partial charge in [0.05, 0.1) is 13.2 Å². The Balaban J connectivity index is 2.01. The van der Waals surface area contributed by atoms with Gasteiger partial charge < -0.3 is 14.7 Å². The van der Waals surface area contributed by atoms with Crippen LogP contribution in [-0.2, 0) is 10.0 Å². The molecule has 2 aromatic rings. The van der Waals surface area contributed by atoms with Crippen molar-refractivity contribution in [2.75, 3.05) is 26.7 Å². The molecular weight excluding hydrogens is 442 g/mol. The van der Waals surface area contributed by atoms with Crippen molar-refractivity contribution in [3.63, 3.8) is 0 Å². The van der Waals surface area contributed by atoms with Crippen LogP contribution in [0.3, 0.4) is 0 Å². The number of rotatable bonds is 6. The Labute approximate surface area is 195 Å².